The highest BCUT2D eigenvalue weighted by atomic mass is 16.6. The van der Waals surface area contributed by atoms with Crippen LogP contribution in [0.25, 0.3) is 0 Å². The van der Waals surface area contributed by atoms with Crippen LogP contribution in [0.2, 0.25) is 0 Å². The number of nitrogens with zero attached hydrogens (tertiary/aromatic N) is 1. The fraction of sp³-hybridized carbons (Fsp3) is 0.417. The van der Waals surface area contributed by atoms with Crippen molar-refractivity contribution in [2.75, 3.05) is 6.61 Å². The molecule has 1 fully saturated rings. The lowest BCUT2D eigenvalue weighted by molar-refractivity contribution is -0.0111. The van der Waals surface area contributed by atoms with Crippen molar-refractivity contribution in [1.82, 2.24) is 4.98 Å². The van der Waals surface area contributed by atoms with Crippen LogP contribution in [-0.2, 0) is 4.74 Å². The van der Waals surface area contributed by atoms with Gasteiger partial charge in [0.05, 0.1) is 6.61 Å². The van der Waals surface area contributed by atoms with Crippen LogP contribution in [0, 0.1) is 11.8 Å². The Kier molecular flexibility index (Phi) is 3.71. The van der Waals surface area contributed by atoms with Crippen molar-refractivity contribution >= 4 is 0 Å². The van der Waals surface area contributed by atoms with Gasteiger partial charge < -0.3 is 20.1 Å². The Bertz CT molecular complexity index is 425. The van der Waals surface area contributed by atoms with E-state index in [4.69, 9.17) is 9.84 Å². The molecule has 5 heteroatoms. The third-order valence-electron chi connectivity index (χ3n) is 2.56. The second-order valence-electron chi connectivity index (χ2n) is 3.77. The number of pyridine rings is 1. The van der Waals surface area contributed by atoms with Crippen molar-refractivity contribution in [3.8, 4) is 11.8 Å². The first-order valence-electron chi connectivity index (χ1n) is 5.26. The molecule has 1 aliphatic heterocycles. The van der Waals surface area contributed by atoms with Crippen LogP contribution in [0.5, 0.6) is 0 Å². The number of ether oxygens (including phenoxy) is 1. The minimum absolute atomic E-state index is 0.344. The van der Waals surface area contributed by atoms with Crippen LogP contribution in [0.15, 0.2) is 24.5 Å². The summed E-state index contributed by atoms with van der Waals surface area (Å²) < 4.78 is 5.21. The summed E-state index contributed by atoms with van der Waals surface area (Å²) in [5.41, 5.74) is 0.699. The molecular formula is C12H13NO4. The Morgan fingerprint density at radius 1 is 1.35 bits per heavy atom. The maximum atomic E-state index is 9.63. The molecule has 1 aromatic rings. The normalized spacial score (nSPS) is 31.9. The molecule has 2 heterocycles. The molecule has 0 aromatic carbocycles. The zero-order valence-corrected chi connectivity index (χ0v) is 9.02. The number of aliphatic hydroxyl groups excluding tert-OH is 3. The fourth-order valence-corrected chi connectivity index (χ4v) is 1.61. The summed E-state index contributed by atoms with van der Waals surface area (Å²) in [6, 6.07) is 3.53. The van der Waals surface area contributed by atoms with E-state index in [1.165, 1.54) is 0 Å². The van der Waals surface area contributed by atoms with Gasteiger partial charge in [-0.15, -0.1) is 0 Å². The van der Waals surface area contributed by atoms with Crippen molar-refractivity contribution in [1.29, 1.82) is 0 Å². The van der Waals surface area contributed by atoms with E-state index < -0.39 is 24.4 Å². The van der Waals surface area contributed by atoms with Gasteiger partial charge in [0.15, 0.2) is 0 Å². The van der Waals surface area contributed by atoms with Gasteiger partial charge >= 0.3 is 0 Å². The molecule has 4 atom stereocenters. The Labute approximate surface area is 98.7 Å². The van der Waals surface area contributed by atoms with Crippen LogP contribution in [-0.4, -0.2) is 51.3 Å². The minimum Gasteiger partial charge on any atom is -0.394 e. The number of rotatable bonds is 1. The van der Waals surface area contributed by atoms with E-state index in [2.05, 4.69) is 16.8 Å². The second kappa shape index (κ2) is 5.25. The van der Waals surface area contributed by atoms with E-state index in [1.54, 1.807) is 24.5 Å². The second-order valence-corrected chi connectivity index (χ2v) is 3.77. The monoisotopic (exact) mass is 235 g/mol. The van der Waals surface area contributed by atoms with Gasteiger partial charge in [0.25, 0.3) is 0 Å². The van der Waals surface area contributed by atoms with Crippen LogP contribution in [0.3, 0.4) is 0 Å². The summed E-state index contributed by atoms with van der Waals surface area (Å²) in [5.74, 6) is 5.50. The summed E-state index contributed by atoms with van der Waals surface area (Å²) in [7, 11) is 0. The molecule has 1 aromatic heterocycles. The molecule has 1 aliphatic rings. The van der Waals surface area contributed by atoms with Crippen molar-refractivity contribution in [2.45, 2.75) is 24.4 Å². The van der Waals surface area contributed by atoms with Crippen molar-refractivity contribution in [3.05, 3.63) is 30.1 Å². The largest absolute Gasteiger partial charge is 0.394 e. The van der Waals surface area contributed by atoms with Crippen molar-refractivity contribution in [2.24, 2.45) is 0 Å². The van der Waals surface area contributed by atoms with Gasteiger partial charge in [-0.05, 0) is 12.1 Å². The average Bonchev–Trinajstić information content (AvgIpc) is 2.65. The number of hydrogen-bond donors (Lipinski definition) is 3. The summed E-state index contributed by atoms with van der Waals surface area (Å²) in [6.45, 7) is -0.344. The quantitative estimate of drug-likeness (QED) is 0.539. The molecule has 0 bridgehead atoms. The molecule has 0 aliphatic carbocycles. The summed E-state index contributed by atoms with van der Waals surface area (Å²) in [6.07, 6.45) is -0.545. The lowest BCUT2D eigenvalue weighted by Crippen LogP contribution is -2.33. The lowest BCUT2D eigenvalue weighted by Gasteiger charge is -2.09. The van der Waals surface area contributed by atoms with E-state index in [0.717, 1.165) is 0 Å². The van der Waals surface area contributed by atoms with Gasteiger partial charge in [0, 0.05) is 18.0 Å². The highest BCUT2D eigenvalue weighted by molar-refractivity contribution is 5.33. The Balaban J connectivity index is 2.08. The molecule has 0 saturated carbocycles. The summed E-state index contributed by atoms with van der Waals surface area (Å²) in [5, 5.41) is 28.0. The van der Waals surface area contributed by atoms with Gasteiger partial charge in [0.1, 0.15) is 24.4 Å². The molecule has 0 unspecified atom stereocenters. The van der Waals surface area contributed by atoms with Gasteiger partial charge in [-0.2, -0.15) is 0 Å². The van der Waals surface area contributed by atoms with E-state index in [-0.39, 0.29) is 6.61 Å². The minimum atomic E-state index is -1.10. The van der Waals surface area contributed by atoms with Crippen LogP contribution in [0.1, 0.15) is 5.56 Å². The van der Waals surface area contributed by atoms with Crippen molar-refractivity contribution < 1.29 is 20.1 Å². The highest BCUT2D eigenvalue weighted by Gasteiger charge is 2.41. The van der Waals surface area contributed by atoms with Gasteiger partial charge in [-0.1, -0.05) is 11.8 Å². The number of hydrogen-bond acceptors (Lipinski definition) is 5. The SMILES string of the molecule is OC[C@H]1O[C@@H](C#Cc2cccnc2)[C@H](O)[C@@H]1O. The average molecular weight is 235 g/mol. The molecule has 3 N–H and O–H groups in total. The fourth-order valence-electron chi connectivity index (χ4n) is 1.61. The van der Waals surface area contributed by atoms with E-state index in [9.17, 15) is 10.2 Å². The molecular weight excluding hydrogens is 222 g/mol. The molecule has 5 nitrogen and oxygen atoms in total. The molecule has 17 heavy (non-hydrogen) atoms. The summed E-state index contributed by atoms with van der Waals surface area (Å²) >= 11 is 0. The Morgan fingerprint density at radius 3 is 2.76 bits per heavy atom. The maximum absolute atomic E-state index is 9.63. The molecule has 0 spiro atoms. The number of aliphatic hydroxyl groups is 3. The highest BCUT2D eigenvalue weighted by Crippen LogP contribution is 2.20. The zero-order valence-electron chi connectivity index (χ0n) is 9.02. The Morgan fingerprint density at radius 2 is 2.18 bits per heavy atom. The van der Waals surface area contributed by atoms with Gasteiger partial charge in [-0.3, -0.25) is 4.98 Å². The molecule has 90 valence electrons. The van der Waals surface area contributed by atoms with Crippen LogP contribution < -0.4 is 0 Å². The van der Waals surface area contributed by atoms with E-state index >= 15 is 0 Å². The predicted octanol–water partition coefficient (Wildman–Crippen LogP) is -1.09. The van der Waals surface area contributed by atoms with E-state index in [0.29, 0.717) is 5.56 Å². The predicted molar refractivity (Wildman–Crippen MR) is 58.9 cm³/mol. The topological polar surface area (TPSA) is 82.8 Å². The van der Waals surface area contributed by atoms with Crippen LogP contribution in [0.4, 0.5) is 0 Å². The first-order chi connectivity index (χ1) is 8.22. The standard InChI is InChI=1S/C12H13NO4/c14-7-10-12(16)11(15)9(17-10)4-3-8-2-1-5-13-6-8/h1-2,5-6,9-12,14-16H,7H2/t9-,10+,11-,12+/m0/s1. The molecule has 0 radical (unpaired) electrons. The Hall–Kier alpha value is -1.45. The van der Waals surface area contributed by atoms with Crippen LogP contribution >= 0.6 is 0 Å². The van der Waals surface area contributed by atoms with Gasteiger partial charge in [-0.25, -0.2) is 0 Å². The zero-order chi connectivity index (χ0) is 12.3. The molecule has 2 rings (SSSR count). The third kappa shape index (κ3) is 2.62. The first kappa shape index (κ1) is 12.0. The number of aromatic nitrogens is 1. The van der Waals surface area contributed by atoms with E-state index in [1.807, 2.05) is 0 Å². The van der Waals surface area contributed by atoms with Crippen molar-refractivity contribution in [3.63, 3.8) is 0 Å². The third-order valence-corrected chi connectivity index (χ3v) is 2.56. The van der Waals surface area contributed by atoms with Gasteiger partial charge in [0.2, 0.25) is 0 Å². The lowest BCUT2D eigenvalue weighted by atomic mass is 10.1. The first-order valence-corrected chi connectivity index (χ1v) is 5.26. The molecule has 1 saturated heterocycles. The maximum Gasteiger partial charge on any atom is 0.147 e. The smallest absolute Gasteiger partial charge is 0.147 e. The summed E-state index contributed by atoms with van der Waals surface area (Å²) in [4.78, 5) is 3.90. The molecule has 0 amide bonds.